The summed E-state index contributed by atoms with van der Waals surface area (Å²) < 4.78 is 5.04. The Morgan fingerprint density at radius 2 is 2.15 bits per heavy atom. The van der Waals surface area contributed by atoms with E-state index in [1.54, 1.807) is 18.7 Å². The smallest absolute Gasteiger partial charge is 0.328 e. The molecule has 1 rings (SSSR count). The maximum atomic E-state index is 12.2. The quantitative estimate of drug-likeness (QED) is 0.579. The number of ether oxygens (including phenoxy) is 1. The molecule has 20 heavy (non-hydrogen) atoms. The Labute approximate surface area is 126 Å². The van der Waals surface area contributed by atoms with Gasteiger partial charge >= 0.3 is 5.97 Å². The van der Waals surface area contributed by atoms with Gasteiger partial charge in [0.1, 0.15) is 11.9 Å². The van der Waals surface area contributed by atoms with Crippen molar-refractivity contribution in [2.45, 2.75) is 53.0 Å². The first kappa shape index (κ1) is 17.0. The molecule has 114 valence electrons. The molecular weight excluding hydrogens is 278 g/mol. The summed E-state index contributed by atoms with van der Waals surface area (Å²) in [7, 11) is 0. The summed E-state index contributed by atoms with van der Waals surface area (Å²) in [5, 5.41) is 0. The third-order valence-electron chi connectivity index (χ3n) is 3.75. The van der Waals surface area contributed by atoms with Gasteiger partial charge in [0.25, 0.3) is 0 Å². The summed E-state index contributed by atoms with van der Waals surface area (Å²) in [6.07, 6.45) is 3.10. The standard InChI is InChI=1S/C15H24ClNO3/c1-5-20-15(19)12(4)17(13(18)9-16)14-10(2)7-6-8-11(14)3/h10,12H,5-9H2,1-4H3. The van der Waals surface area contributed by atoms with Crippen molar-refractivity contribution in [2.24, 2.45) is 5.92 Å². The second kappa shape index (κ2) is 7.67. The summed E-state index contributed by atoms with van der Waals surface area (Å²) in [6.45, 7) is 7.87. The van der Waals surface area contributed by atoms with Crippen LogP contribution in [0, 0.1) is 5.92 Å². The zero-order chi connectivity index (χ0) is 15.3. The van der Waals surface area contributed by atoms with Gasteiger partial charge in [-0.3, -0.25) is 4.79 Å². The van der Waals surface area contributed by atoms with Crippen molar-refractivity contribution in [3.63, 3.8) is 0 Å². The summed E-state index contributed by atoms with van der Waals surface area (Å²) in [4.78, 5) is 25.7. The molecule has 0 saturated carbocycles. The zero-order valence-corrected chi connectivity index (χ0v) is 13.5. The first-order valence-corrected chi connectivity index (χ1v) is 7.71. The number of carbonyl (C=O) groups is 2. The van der Waals surface area contributed by atoms with E-state index in [9.17, 15) is 9.59 Å². The lowest BCUT2D eigenvalue weighted by molar-refractivity contribution is -0.152. The lowest BCUT2D eigenvalue weighted by Gasteiger charge is -2.36. The predicted octanol–water partition coefficient (Wildman–Crippen LogP) is 3.10. The van der Waals surface area contributed by atoms with Gasteiger partial charge in [0.15, 0.2) is 0 Å². The number of hydrogen-bond donors (Lipinski definition) is 0. The number of allylic oxidation sites excluding steroid dienone is 2. The van der Waals surface area contributed by atoms with Crippen molar-refractivity contribution in [1.82, 2.24) is 4.90 Å². The predicted molar refractivity (Wildman–Crippen MR) is 79.4 cm³/mol. The monoisotopic (exact) mass is 301 g/mol. The van der Waals surface area contributed by atoms with E-state index < -0.39 is 6.04 Å². The van der Waals surface area contributed by atoms with Crippen LogP contribution in [0.15, 0.2) is 11.3 Å². The lowest BCUT2D eigenvalue weighted by Crippen LogP contribution is -2.46. The number of alkyl halides is 1. The van der Waals surface area contributed by atoms with Gasteiger partial charge in [-0.25, -0.2) is 4.79 Å². The van der Waals surface area contributed by atoms with Gasteiger partial charge in [-0.15, -0.1) is 11.6 Å². The Balaban J connectivity index is 3.12. The molecule has 0 N–H and O–H groups in total. The molecule has 1 aliphatic carbocycles. The van der Waals surface area contributed by atoms with Crippen molar-refractivity contribution in [1.29, 1.82) is 0 Å². The fourth-order valence-corrected chi connectivity index (χ4v) is 2.92. The van der Waals surface area contributed by atoms with Crippen LogP contribution in [-0.4, -0.2) is 35.3 Å². The molecule has 0 aromatic rings. The molecule has 0 spiro atoms. The molecule has 0 saturated heterocycles. The highest BCUT2D eigenvalue weighted by molar-refractivity contribution is 6.27. The molecule has 0 heterocycles. The van der Waals surface area contributed by atoms with Crippen LogP contribution in [0.5, 0.6) is 0 Å². The van der Waals surface area contributed by atoms with Gasteiger partial charge in [-0.2, -0.15) is 0 Å². The molecule has 0 aliphatic heterocycles. The summed E-state index contributed by atoms with van der Waals surface area (Å²) >= 11 is 5.72. The molecule has 0 bridgehead atoms. The fourth-order valence-electron chi connectivity index (χ4n) is 2.79. The van der Waals surface area contributed by atoms with E-state index in [2.05, 4.69) is 6.92 Å². The van der Waals surface area contributed by atoms with E-state index >= 15 is 0 Å². The molecule has 0 fully saturated rings. The second-order valence-electron chi connectivity index (χ2n) is 5.28. The minimum Gasteiger partial charge on any atom is -0.464 e. The van der Waals surface area contributed by atoms with E-state index in [0.717, 1.165) is 25.0 Å². The van der Waals surface area contributed by atoms with Gasteiger partial charge in [-0.1, -0.05) is 12.5 Å². The number of hydrogen-bond acceptors (Lipinski definition) is 3. The number of rotatable bonds is 5. The fraction of sp³-hybridized carbons (Fsp3) is 0.733. The van der Waals surface area contributed by atoms with Crippen molar-refractivity contribution in [2.75, 3.05) is 12.5 Å². The van der Waals surface area contributed by atoms with Crippen molar-refractivity contribution >= 4 is 23.5 Å². The number of amides is 1. The van der Waals surface area contributed by atoms with Gasteiger partial charge in [0.05, 0.1) is 6.61 Å². The Hall–Kier alpha value is -1.03. The molecule has 5 heteroatoms. The van der Waals surface area contributed by atoms with Crippen LogP contribution in [0.4, 0.5) is 0 Å². The van der Waals surface area contributed by atoms with Crippen molar-refractivity contribution in [3.05, 3.63) is 11.3 Å². The number of carbonyl (C=O) groups excluding carboxylic acids is 2. The van der Waals surface area contributed by atoms with Crippen molar-refractivity contribution in [3.8, 4) is 0 Å². The number of esters is 1. The Morgan fingerprint density at radius 1 is 1.50 bits per heavy atom. The first-order chi connectivity index (χ1) is 9.43. The minimum atomic E-state index is -0.633. The highest BCUT2D eigenvalue weighted by Gasteiger charge is 2.33. The second-order valence-corrected chi connectivity index (χ2v) is 5.55. The molecule has 2 unspecified atom stereocenters. The highest BCUT2D eigenvalue weighted by Crippen LogP contribution is 2.33. The van der Waals surface area contributed by atoms with Gasteiger partial charge < -0.3 is 9.64 Å². The van der Waals surface area contributed by atoms with Crippen LogP contribution in [0.3, 0.4) is 0 Å². The van der Waals surface area contributed by atoms with Gasteiger partial charge in [-0.05, 0) is 46.0 Å². The Kier molecular flexibility index (Phi) is 6.53. The van der Waals surface area contributed by atoms with E-state index in [-0.39, 0.29) is 23.7 Å². The molecule has 1 aliphatic rings. The molecule has 4 nitrogen and oxygen atoms in total. The summed E-state index contributed by atoms with van der Waals surface area (Å²) in [5.41, 5.74) is 2.11. The minimum absolute atomic E-state index is 0.132. The Bertz CT molecular complexity index is 406. The molecule has 2 atom stereocenters. The topological polar surface area (TPSA) is 46.6 Å². The highest BCUT2D eigenvalue weighted by atomic mass is 35.5. The van der Waals surface area contributed by atoms with Crippen LogP contribution in [0.1, 0.15) is 47.0 Å². The van der Waals surface area contributed by atoms with E-state index in [0.29, 0.717) is 6.61 Å². The summed E-state index contributed by atoms with van der Waals surface area (Å²) in [5.74, 6) is -0.500. The van der Waals surface area contributed by atoms with Crippen LogP contribution in [-0.2, 0) is 14.3 Å². The molecular formula is C15H24ClNO3. The normalized spacial score (nSPS) is 20.6. The zero-order valence-electron chi connectivity index (χ0n) is 12.7. The molecule has 1 amide bonds. The SMILES string of the molecule is CCOC(=O)C(C)N(C(=O)CCl)C1=C(C)CCCC1C. The lowest BCUT2D eigenvalue weighted by atomic mass is 9.87. The van der Waals surface area contributed by atoms with E-state index in [1.165, 1.54) is 5.57 Å². The maximum Gasteiger partial charge on any atom is 0.328 e. The number of halogens is 1. The third-order valence-corrected chi connectivity index (χ3v) is 3.98. The molecule has 0 radical (unpaired) electrons. The largest absolute Gasteiger partial charge is 0.464 e. The van der Waals surface area contributed by atoms with Crippen molar-refractivity contribution < 1.29 is 14.3 Å². The average Bonchev–Trinajstić information content (AvgIpc) is 2.42. The van der Waals surface area contributed by atoms with Crippen LogP contribution < -0.4 is 0 Å². The molecule has 0 aromatic carbocycles. The molecule has 0 aromatic heterocycles. The van der Waals surface area contributed by atoms with Gasteiger partial charge in [0, 0.05) is 5.70 Å². The average molecular weight is 302 g/mol. The van der Waals surface area contributed by atoms with Crippen LogP contribution >= 0.6 is 11.6 Å². The maximum absolute atomic E-state index is 12.2. The van der Waals surface area contributed by atoms with Gasteiger partial charge in [0.2, 0.25) is 5.91 Å². The third kappa shape index (κ3) is 3.75. The first-order valence-electron chi connectivity index (χ1n) is 7.18. The van der Waals surface area contributed by atoms with E-state index in [4.69, 9.17) is 16.3 Å². The number of nitrogens with zero attached hydrogens (tertiary/aromatic N) is 1. The van der Waals surface area contributed by atoms with Crippen LogP contribution in [0.25, 0.3) is 0 Å². The Morgan fingerprint density at radius 3 is 2.65 bits per heavy atom. The summed E-state index contributed by atoms with van der Waals surface area (Å²) in [6, 6.07) is -0.633. The van der Waals surface area contributed by atoms with Crippen LogP contribution in [0.2, 0.25) is 0 Å². The van der Waals surface area contributed by atoms with E-state index in [1.807, 2.05) is 6.92 Å².